The molecule has 0 saturated carbocycles. The fourth-order valence-electron chi connectivity index (χ4n) is 4.82. The van der Waals surface area contributed by atoms with Gasteiger partial charge in [0.05, 0.1) is 19.3 Å². The zero-order valence-electron chi connectivity index (χ0n) is 16.6. The van der Waals surface area contributed by atoms with E-state index in [-0.39, 0.29) is 23.7 Å². The first-order valence-electron chi connectivity index (χ1n) is 10.4. The summed E-state index contributed by atoms with van der Waals surface area (Å²) in [5.74, 6) is -0.184. The highest BCUT2D eigenvalue weighted by Crippen LogP contribution is 2.45. The summed E-state index contributed by atoms with van der Waals surface area (Å²) in [7, 11) is 0. The molecule has 2 aromatic carbocycles. The molecule has 0 amide bonds. The maximum absolute atomic E-state index is 12.6. The minimum atomic E-state index is -0.376. The number of para-hydroxylation sites is 1. The molecule has 1 aromatic heterocycles. The van der Waals surface area contributed by atoms with Crippen molar-refractivity contribution in [2.75, 3.05) is 13.2 Å². The molecule has 1 spiro atoms. The van der Waals surface area contributed by atoms with Crippen LogP contribution in [0.3, 0.4) is 0 Å². The van der Waals surface area contributed by atoms with E-state index in [4.69, 9.17) is 9.47 Å². The largest absolute Gasteiger partial charge is 0.465 e. The van der Waals surface area contributed by atoms with E-state index in [1.807, 2.05) is 19.1 Å². The predicted octanol–water partition coefficient (Wildman–Crippen LogP) is 3.47. The Morgan fingerprint density at radius 1 is 1.17 bits per heavy atom. The second-order valence-electron chi connectivity index (χ2n) is 7.97. The third kappa shape index (κ3) is 3.05. The summed E-state index contributed by atoms with van der Waals surface area (Å²) in [6, 6.07) is 18.4. The molecule has 2 aliphatic heterocycles. The van der Waals surface area contributed by atoms with Gasteiger partial charge < -0.3 is 14.5 Å². The fourth-order valence-corrected chi connectivity index (χ4v) is 4.82. The Morgan fingerprint density at radius 3 is 2.72 bits per heavy atom. The van der Waals surface area contributed by atoms with E-state index >= 15 is 0 Å². The van der Waals surface area contributed by atoms with Crippen molar-refractivity contribution in [2.45, 2.75) is 43.9 Å². The average Bonchev–Trinajstić information content (AvgIpc) is 3.12. The Labute approximate surface area is 170 Å². The molecule has 0 aliphatic carbocycles. The number of aromatic amines is 1. The topological polar surface area (TPSA) is 63.4 Å². The van der Waals surface area contributed by atoms with Crippen LogP contribution in [0.15, 0.2) is 54.6 Å². The van der Waals surface area contributed by atoms with Crippen molar-refractivity contribution in [3.8, 4) is 0 Å². The number of aromatic nitrogens is 1. The second-order valence-corrected chi connectivity index (χ2v) is 7.97. The summed E-state index contributed by atoms with van der Waals surface area (Å²) < 4.78 is 11.4. The zero-order valence-corrected chi connectivity index (χ0v) is 16.6. The molecule has 1 fully saturated rings. The monoisotopic (exact) mass is 390 g/mol. The van der Waals surface area contributed by atoms with Gasteiger partial charge in [0.2, 0.25) is 0 Å². The number of hydrogen-bond acceptors (Lipinski definition) is 4. The highest BCUT2D eigenvalue weighted by molar-refractivity contribution is 5.87. The summed E-state index contributed by atoms with van der Waals surface area (Å²) >= 11 is 0. The SMILES string of the molecule is CCOC(=O)[C@@H]1Cc2c([nH]c3ccccc23)[C@]2(CO[C@@H]2CCc2ccccc2)N1. The number of nitrogens with one attached hydrogen (secondary N) is 2. The lowest BCUT2D eigenvalue weighted by Gasteiger charge is -2.53. The molecule has 5 heteroatoms. The Balaban J connectivity index is 1.50. The summed E-state index contributed by atoms with van der Waals surface area (Å²) in [5.41, 5.74) is 4.41. The second kappa shape index (κ2) is 7.32. The van der Waals surface area contributed by atoms with Crippen LogP contribution in [0.1, 0.15) is 30.2 Å². The van der Waals surface area contributed by atoms with Crippen LogP contribution in [0.2, 0.25) is 0 Å². The van der Waals surface area contributed by atoms with Crippen LogP contribution in [0.5, 0.6) is 0 Å². The van der Waals surface area contributed by atoms with Crippen LogP contribution in [-0.4, -0.2) is 36.3 Å². The standard InChI is InChI=1S/C24H26N2O3/c1-2-28-23(27)20-14-18-17-10-6-7-11-19(17)25-22(18)24(26-20)15-29-21(24)13-12-16-8-4-3-5-9-16/h3-11,20-21,25-26H,2,12-15H2,1H3/t20-,21+,24+/m0/s1. The maximum atomic E-state index is 12.6. The van der Waals surface area contributed by atoms with E-state index in [1.165, 1.54) is 22.2 Å². The minimum Gasteiger partial charge on any atom is -0.465 e. The summed E-state index contributed by atoms with van der Waals surface area (Å²) in [5, 5.41) is 4.81. The average molecular weight is 390 g/mol. The van der Waals surface area contributed by atoms with Crippen LogP contribution >= 0.6 is 0 Å². The van der Waals surface area contributed by atoms with Crippen LogP contribution in [0, 0.1) is 0 Å². The number of rotatable bonds is 5. The maximum Gasteiger partial charge on any atom is 0.323 e. The Bertz CT molecular complexity index is 1030. The fraction of sp³-hybridized carbons (Fsp3) is 0.375. The summed E-state index contributed by atoms with van der Waals surface area (Å²) in [6.45, 7) is 2.80. The normalized spacial score (nSPS) is 25.6. The Kier molecular flexibility index (Phi) is 4.64. The first-order valence-corrected chi connectivity index (χ1v) is 10.4. The van der Waals surface area contributed by atoms with Gasteiger partial charge in [-0.3, -0.25) is 10.1 Å². The van der Waals surface area contributed by atoms with Crippen molar-refractivity contribution >= 4 is 16.9 Å². The molecule has 150 valence electrons. The zero-order chi connectivity index (χ0) is 19.8. The van der Waals surface area contributed by atoms with Crippen molar-refractivity contribution in [1.82, 2.24) is 10.3 Å². The number of hydrogen-bond donors (Lipinski definition) is 2. The smallest absolute Gasteiger partial charge is 0.323 e. The quantitative estimate of drug-likeness (QED) is 0.655. The Morgan fingerprint density at radius 2 is 1.97 bits per heavy atom. The number of benzene rings is 2. The Hall–Kier alpha value is -2.63. The van der Waals surface area contributed by atoms with Crippen LogP contribution in [-0.2, 0) is 32.6 Å². The van der Waals surface area contributed by atoms with Crippen LogP contribution in [0.4, 0.5) is 0 Å². The van der Waals surface area contributed by atoms with Gasteiger partial charge in [-0.1, -0.05) is 48.5 Å². The van der Waals surface area contributed by atoms with Crippen molar-refractivity contribution in [1.29, 1.82) is 0 Å². The molecule has 3 aromatic rings. The number of aryl methyl sites for hydroxylation is 1. The molecule has 5 rings (SSSR count). The van der Waals surface area contributed by atoms with Crippen molar-refractivity contribution < 1.29 is 14.3 Å². The number of carbonyl (C=O) groups is 1. The molecule has 2 aliphatic rings. The third-order valence-corrected chi connectivity index (χ3v) is 6.27. The molecule has 2 N–H and O–H groups in total. The van der Waals surface area contributed by atoms with E-state index in [2.05, 4.69) is 52.8 Å². The van der Waals surface area contributed by atoms with Gasteiger partial charge in [0.15, 0.2) is 0 Å². The molecule has 0 unspecified atom stereocenters. The van der Waals surface area contributed by atoms with E-state index in [9.17, 15) is 4.79 Å². The molecule has 3 heterocycles. The number of H-pyrrole nitrogens is 1. The highest BCUT2D eigenvalue weighted by atomic mass is 16.5. The molecular formula is C24H26N2O3. The number of esters is 1. The lowest BCUT2D eigenvalue weighted by Crippen LogP contribution is -2.70. The van der Waals surface area contributed by atoms with Gasteiger partial charge >= 0.3 is 5.97 Å². The first kappa shape index (κ1) is 18.4. The first-order chi connectivity index (χ1) is 14.2. The van der Waals surface area contributed by atoms with Gasteiger partial charge in [0.1, 0.15) is 11.6 Å². The van der Waals surface area contributed by atoms with Gasteiger partial charge in [-0.25, -0.2) is 0 Å². The van der Waals surface area contributed by atoms with E-state index in [1.54, 1.807) is 0 Å². The summed E-state index contributed by atoms with van der Waals surface area (Å²) in [6.07, 6.45) is 2.47. The molecule has 0 radical (unpaired) electrons. The van der Waals surface area contributed by atoms with E-state index < -0.39 is 0 Å². The summed E-state index contributed by atoms with van der Waals surface area (Å²) in [4.78, 5) is 16.3. The number of carbonyl (C=O) groups excluding carboxylic acids is 1. The van der Waals surface area contributed by atoms with Gasteiger partial charge in [-0.15, -0.1) is 0 Å². The van der Waals surface area contributed by atoms with E-state index in [0.29, 0.717) is 19.6 Å². The van der Waals surface area contributed by atoms with Gasteiger partial charge in [-0.2, -0.15) is 0 Å². The van der Waals surface area contributed by atoms with Gasteiger partial charge in [0, 0.05) is 23.0 Å². The van der Waals surface area contributed by atoms with Gasteiger partial charge in [0.25, 0.3) is 0 Å². The van der Waals surface area contributed by atoms with E-state index in [0.717, 1.165) is 18.4 Å². The predicted molar refractivity (Wildman–Crippen MR) is 112 cm³/mol. The highest BCUT2D eigenvalue weighted by Gasteiger charge is 2.55. The van der Waals surface area contributed by atoms with Crippen molar-refractivity contribution in [3.05, 3.63) is 71.4 Å². The van der Waals surface area contributed by atoms with Crippen LogP contribution in [0.25, 0.3) is 10.9 Å². The minimum absolute atomic E-state index is 0.00625. The lowest BCUT2D eigenvalue weighted by atomic mass is 9.75. The number of ether oxygens (including phenoxy) is 2. The number of fused-ring (bicyclic) bond motifs is 4. The van der Waals surface area contributed by atoms with Crippen molar-refractivity contribution in [2.24, 2.45) is 0 Å². The lowest BCUT2D eigenvalue weighted by molar-refractivity contribution is -0.174. The van der Waals surface area contributed by atoms with Crippen molar-refractivity contribution in [3.63, 3.8) is 0 Å². The molecule has 1 saturated heterocycles. The molecular weight excluding hydrogens is 364 g/mol. The molecule has 0 bridgehead atoms. The van der Waals surface area contributed by atoms with Crippen LogP contribution < -0.4 is 5.32 Å². The van der Waals surface area contributed by atoms with Gasteiger partial charge in [-0.05, 0) is 37.0 Å². The molecule has 3 atom stereocenters. The third-order valence-electron chi connectivity index (χ3n) is 6.27. The molecule has 29 heavy (non-hydrogen) atoms. The molecule has 5 nitrogen and oxygen atoms in total.